The van der Waals surface area contributed by atoms with Crippen LogP contribution in [0.15, 0.2) is 188 Å². The van der Waals surface area contributed by atoms with E-state index in [1.54, 1.807) is 118 Å². The number of rotatable bonds is 64. The van der Waals surface area contributed by atoms with Gasteiger partial charge in [-0.25, -0.2) is 24.0 Å². The van der Waals surface area contributed by atoms with Crippen molar-refractivity contribution < 1.29 is 90.4 Å². The molecule has 0 aliphatic carbocycles. The van der Waals surface area contributed by atoms with Gasteiger partial charge in [0.25, 0.3) is 0 Å². The lowest BCUT2D eigenvalue weighted by atomic mass is 10.1. The number of hydrogen-bond donors (Lipinski definition) is 0. The number of carbonyl (C=O) groups is 7. The summed E-state index contributed by atoms with van der Waals surface area (Å²) >= 11 is 0. The fraction of sp³-hybridized carbons (Fsp3) is 0.481. The third kappa shape index (κ3) is 41.6. The summed E-state index contributed by atoms with van der Waals surface area (Å²) in [6.07, 6.45) is 37.3. The first-order valence-corrected chi connectivity index (χ1v) is 46.4. The quantitative estimate of drug-likeness (QED) is 0.0113. The van der Waals surface area contributed by atoms with E-state index >= 15 is 0 Å². The van der Waals surface area contributed by atoms with Gasteiger partial charge in [-0.1, -0.05) is 242 Å². The van der Waals surface area contributed by atoms with Gasteiger partial charge in [0.1, 0.15) is 58.0 Å². The minimum absolute atomic E-state index is 0.00317. The summed E-state index contributed by atoms with van der Waals surface area (Å²) in [6, 6.07) is 56.0. The molecule has 0 unspecified atom stereocenters. The Labute approximate surface area is 742 Å². The molecular weight excluding hydrogens is 1580 g/mol. The molecule has 0 saturated heterocycles. The van der Waals surface area contributed by atoms with Gasteiger partial charge in [-0.05, 0) is 234 Å². The predicted octanol–water partition coefficient (Wildman–Crippen LogP) is 26.6. The van der Waals surface area contributed by atoms with Gasteiger partial charge in [0.2, 0.25) is 0 Å². The number of carbonyl (C=O) groups excluding carboxylic acids is 7. The molecule has 0 heterocycles. The smallest absolute Gasteiger partial charge is 0.343 e. The Kier molecular flexibility index (Phi) is 47.0. The largest absolute Gasteiger partial charge is 0.494 e. The third-order valence-electron chi connectivity index (χ3n) is 21.3. The summed E-state index contributed by atoms with van der Waals surface area (Å²) in [5.41, 5.74) is 4.72. The van der Waals surface area contributed by atoms with Crippen LogP contribution in [0.3, 0.4) is 0 Å². The Balaban J connectivity index is 0.686. The van der Waals surface area contributed by atoms with E-state index < -0.39 is 47.4 Å². The molecule has 674 valence electrons. The van der Waals surface area contributed by atoms with Gasteiger partial charge in [-0.15, -0.1) is 0 Å². The summed E-state index contributed by atoms with van der Waals surface area (Å²) in [5.74, 6) is 0.624. The van der Waals surface area contributed by atoms with Crippen molar-refractivity contribution in [3.8, 4) is 68.2 Å². The highest BCUT2D eigenvalue weighted by atomic mass is 16.6. The van der Waals surface area contributed by atoms with Crippen molar-refractivity contribution in [1.29, 1.82) is 0 Å². The summed E-state index contributed by atoms with van der Waals surface area (Å²) in [7, 11) is 0. The molecule has 0 aliphatic rings. The van der Waals surface area contributed by atoms with E-state index in [0.717, 1.165) is 201 Å². The van der Waals surface area contributed by atoms with Crippen LogP contribution in [0.4, 0.5) is 0 Å². The molecule has 8 aromatic carbocycles. The van der Waals surface area contributed by atoms with Gasteiger partial charge < -0.3 is 56.8 Å². The molecule has 0 N–H and O–H groups in total. The Morgan fingerprint density at radius 3 is 0.704 bits per heavy atom. The van der Waals surface area contributed by atoms with E-state index in [0.29, 0.717) is 72.5 Å². The van der Waals surface area contributed by atoms with Gasteiger partial charge in [0, 0.05) is 0 Å². The van der Waals surface area contributed by atoms with Crippen LogP contribution in [0, 0.1) is 0 Å². The van der Waals surface area contributed by atoms with Gasteiger partial charge >= 0.3 is 41.8 Å². The van der Waals surface area contributed by atoms with Gasteiger partial charge in [-0.3, -0.25) is 9.59 Å². The van der Waals surface area contributed by atoms with Crippen molar-refractivity contribution >= 4 is 41.8 Å². The first-order chi connectivity index (χ1) is 61.0. The van der Waals surface area contributed by atoms with Crippen LogP contribution in [0.2, 0.25) is 0 Å². The van der Waals surface area contributed by atoms with Crippen LogP contribution in [-0.4, -0.2) is 100 Å². The molecule has 0 spiro atoms. The van der Waals surface area contributed by atoms with Crippen molar-refractivity contribution in [2.75, 3.05) is 52.9 Å². The lowest BCUT2D eigenvalue weighted by molar-refractivity contribution is -0.161. The van der Waals surface area contributed by atoms with Gasteiger partial charge in [-0.2, -0.15) is 0 Å². The fourth-order valence-corrected chi connectivity index (χ4v) is 14.1. The Morgan fingerprint density at radius 1 is 0.216 bits per heavy atom. The molecule has 0 amide bonds. The highest BCUT2D eigenvalue weighted by Crippen LogP contribution is 2.30. The lowest BCUT2D eigenvalue weighted by Gasteiger charge is -2.19. The van der Waals surface area contributed by atoms with Crippen LogP contribution in [0.5, 0.6) is 46.0 Å². The SMILES string of the molecule is CCCCCCCCOc1ccc(-c2ccc(OC(=O)c3ccc(OCCCCCCCCCCOC(=O)c4cc(OC(=O)c5ccc(OCCCCCCCCCCOC(=O)CC(=O)OC(C)(C)C)cc5)cc(C(=O)OCCCCCCCCCCOc5ccc(C(=O)Oc6ccc(-c7ccc(OCCCCCCCC)cc7)cc6)cc5)c4)cc3)cc2)cc1. The summed E-state index contributed by atoms with van der Waals surface area (Å²) < 4.78 is 68.9. The summed E-state index contributed by atoms with van der Waals surface area (Å²) in [6.45, 7) is 13.5. The summed E-state index contributed by atoms with van der Waals surface area (Å²) in [5, 5.41) is 0. The average Bonchev–Trinajstić information content (AvgIpc) is 0.791. The van der Waals surface area contributed by atoms with Crippen LogP contribution in [-0.2, 0) is 28.5 Å². The second-order valence-corrected chi connectivity index (χ2v) is 33.1. The lowest BCUT2D eigenvalue weighted by Crippen LogP contribution is -2.25. The topological polar surface area (TPSA) is 230 Å². The third-order valence-corrected chi connectivity index (χ3v) is 21.3. The van der Waals surface area contributed by atoms with Crippen LogP contribution in [0.1, 0.15) is 324 Å². The first-order valence-electron chi connectivity index (χ1n) is 46.4. The Hall–Kier alpha value is -11.0. The minimum atomic E-state index is -0.683. The molecule has 0 radical (unpaired) electrons. The molecular formula is C106H136O19. The zero-order valence-electron chi connectivity index (χ0n) is 75.0. The molecule has 8 rings (SSSR count). The highest BCUT2D eigenvalue weighted by Gasteiger charge is 2.22. The zero-order chi connectivity index (χ0) is 88.6. The molecule has 0 atom stereocenters. The minimum Gasteiger partial charge on any atom is -0.494 e. The molecule has 0 aliphatic heterocycles. The van der Waals surface area contributed by atoms with Gasteiger partial charge in [0.05, 0.1) is 80.7 Å². The molecule has 19 nitrogen and oxygen atoms in total. The van der Waals surface area contributed by atoms with E-state index in [1.165, 1.54) is 82.4 Å². The second kappa shape index (κ2) is 59.0. The van der Waals surface area contributed by atoms with E-state index in [1.807, 2.05) is 72.8 Å². The molecule has 8 aromatic rings. The van der Waals surface area contributed by atoms with Crippen LogP contribution >= 0.6 is 0 Å². The van der Waals surface area contributed by atoms with E-state index in [2.05, 4.69) is 13.8 Å². The number of hydrogen-bond acceptors (Lipinski definition) is 19. The molecule has 19 heteroatoms. The van der Waals surface area contributed by atoms with Crippen molar-refractivity contribution in [3.63, 3.8) is 0 Å². The van der Waals surface area contributed by atoms with Gasteiger partial charge in [0.15, 0.2) is 0 Å². The van der Waals surface area contributed by atoms with Crippen molar-refractivity contribution in [2.45, 2.75) is 278 Å². The molecule has 0 aromatic heterocycles. The second-order valence-electron chi connectivity index (χ2n) is 33.1. The van der Waals surface area contributed by atoms with Crippen molar-refractivity contribution in [1.82, 2.24) is 0 Å². The predicted molar refractivity (Wildman–Crippen MR) is 491 cm³/mol. The average molecular weight is 1710 g/mol. The first kappa shape index (κ1) is 99.5. The number of benzene rings is 8. The zero-order valence-corrected chi connectivity index (χ0v) is 75.0. The number of esters is 7. The van der Waals surface area contributed by atoms with Crippen molar-refractivity contribution in [2.24, 2.45) is 0 Å². The molecule has 0 bridgehead atoms. The van der Waals surface area contributed by atoms with Crippen LogP contribution in [0.25, 0.3) is 22.3 Å². The molecule has 0 fully saturated rings. The fourth-order valence-electron chi connectivity index (χ4n) is 14.1. The van der Waals surface area contributed by atoms with Crippen LogP contribution < -0.4 is 37.9 Å². The Morgan fingerprint density at radius 2 is 0.440 bits per heavy atom. The number of unbranched alkanes of at least 4 members (excludes halogenated alkanes) is 31. The summed E-state index contributed by atoms with van der Waals surface area (Å²) in [4.78, 5) is 90.8. The Bertz CT molecular complexity index is 4160. The number of ether oxygens (including phenoxy) is 12. The maximum atomic E-state index is 13.7. The van der Waals surface area contributed by atoms with E-state index in [4.69, 9.17) is 56.8 Å². The van der Waals surface area contributed by atoms with E-state index in [-0.39, 0.29) is 48.7 Å². The normalized spacial score (nSPS) is 11.1. The standard InChI is InChI=1S/C106H136O19/c1-6-8-10-12-26-34-70-114-91-56-42-82(43-57-91)84-46-66-96(67-47-84)122-103(111)86-50-60-93(61-51-86)116-72-37-29-21-15-18-24-32-40-76-120-101(109)89-78-90(80-98(79-89)124-105(113)88-54-64-95(65-55-88)118-74-36-28-20-14-17-23-31-39-75-119-99(107)81-100(108)125-106(3,4)5)102(110)121-77-41-33-25-19-16-22-30-38-73-117-94-62-52-87(53-63-94)104(112)123-97-68-48-85(49-69-97)83-44-58-92(59-45-83)115-71-35-27-13-11-9-7-2/h42-69,78-80H,6-41,70-77,81H2,1-5H3. The van der Waals surface area contributed by atoms with E-state index in [9.17, 15) is 33.6 Å². The maximum absolute atomic E-state index is 13.7. The molecule has 125 heavy (non-hydrogen) atoms. The monoisotopic (exact) mass is 1710 g/mol. The highest BCUT2D eigenvalue weighted by molar-refractivity contribution is 5.98. The van der Waals surface area contributed by atoms with Crippen molar-refractivity contribution in [3.05, 3.63) is 216 Å². The maximum Gasteiger partial charge on any atom is 0.343 e. The molecule has 0 saturated carbocycles.